The summed E-state index contributed by atoms with van der Waals surface area (Å²) in [6, 6.07) is 56.6. The van der Waals surface area contributed by atoms with Gasteiger partial charge in [-0.05, 0) is 69.4 Å². The SMILES string of the molecule is c1ccc2cc(-c3ccc(-n4c(-c5ccc(-c6cccc7c6sc6ccccc67)cc5)nc5ccccc54)cc3)ccc2c1. The number of benzene rings is 7. The van der Waals surface area contributed by atoms with Gasteiger partial charge in [0.15, 0.2) is 0 Å². The summed E-state index contributed by atoms with van der Waals surface area (Å²) in [5.74, 6) is 0.941. The number of nitrogens with zero attached hydrogens (tertiary/aromatic N) is 2. The van der Waals surface area contributed by atoms with E-state index < -0.39 is 0 Å². The van der Waals surface area contributed by atoms with Gasteiger partial charge in [0.1, 0.15) is 5.82 Å². The highest BCUT2D eigenvalue weighted by Gasteiger charge is 2.16. The zero-order valence-corrected chi connectivity index (χ0v) is 24.6. The largest absolute Gasteiger partial charge is 0.292 e. The lowest BCUT2D eigenvalue weighted by atomic mass is 10.0. The zero-order chi connectivity index (χ0) is 29.0. The van der Waals surface area contributed by atoms with Crippen LogP contribution in [0.15, 0.2) is 158 Å². The first kappa shape index (κ1) is 25.0. The molecule has 0 aliphatic carbocycles. The second kappa shape index (κ2) is 10.0. The fraction of sp³-hybridized carbons (Fsp3) is 0. The van der Waals surface area contributed by atoms with Gasteiger partial charge in [0, 0.05) is 31.4 Å². The second-order valence-electron chi connectivity index (χ2n) is 11.2. The first-order chi connectivity index (χ1) is 21.8. The van der Waals surface area contributed by atoms with E-state index in [4.69, 9.17) is 4.98 Å². The standard InChI is InChI=1S/C41H26N2S/c1-2-9-31-26-32(21-16-27(31)8-1)28-22-24-33(25-23-28)43-38-14-5-4-13-37(38)42-41(43)30-19-17-29(18-20-30)34-11-7-12-36-35-10-3-6-15-39(35)44-40(34)36/h1-26H. The number of aromatic nitrogens is 2. The van der Waals surface area contributed by atoms with Gasteiger partial charge in [-0.3, -0.25) is 4.57 Å². The van der Waals surface area contributed by atoms with E-state index in [1.807, 2.05) is 11.3 Å². The van der Waals surface area contributed by atoms with Crippen LogP contribution in [-0.2, 0) is 0 Å². The molecule has 0 amide bonds. The van der Waals surface area contributed by atoms with Gasteiger partial charge in [-0.2, -0.15) is 0 Å². The van der Waals surface area contributed by atoms with E-state index in [0.717, 1.165) is 28.1 Å². The van der Waals surface area contributed by atoms with Crippen LogP contribution in [0.4, 0.5) is 0 Å². The highest BCUT2D eigenvalue weighted by Crippen LogP contribution is 2.40. The van der Waals surface area contributed by atoms with E-state index in [2.05, 4.69) is 162 Å². The molecule has 0 atom stereocenters. The lowest BCUT2D eigenvalue weighted by Gasteiger charge is -2.12. The highest BCUT2D eigenvalue weighted by atomic mass is 32.1. The Morgan fingerprint density at radius 1 is 0.477 bits per heavy atom. The van der Waals surface area contributed by atoms with Crippen molar-refractivity contribution in [2.75, 3.05) is 0 Å². The van der Waals surface area contributed by atoms with Gasteiger partial charge in [0.2, 0.25) is 0 Å². The molecule has 0 saturated carbocycles. The van der Waals surface area contributed by atoms with Crippen LogP contribution in [-0.4, -0.2) is 9.55 Å². The van der Waals surface area contributed by atoms with Crippen molar-refractivity contribution in [3.05, 3.63) is 158 Å². The van der Waals surface area contributed by atoms with Crippen LogP contribution >= 0.6 is 11.3 Å². The fourth-order valence-corrected chi connectivity index (χ4v) is 7.66. The summed E-state index contributed by atoms with van der Waals surface area (Å²) in [7, 11) is 0. The summed E-state index contributed by atoms with van der Waals surface area (Å²) in [6.07, 6.45) is 0. The number of hydrogen-bond acceptors (Lipinski definition) is 2. The van der Waals surface area contributed by atoms with Crippen LogP contribution in [0.2, 0.25) is 0 Å². The monoisotopic (exact) mass is 578 g/mol. The zero-order valence-electron chi connectivity index (χ0n) is 23.8. The van der Waals surface area contributed by atoms with Crippen molar-refractivity contribution in [2.45, 2.75) is 0 Å². The topological polar surface area (TPSA) is 17.8 Å². The van der Waals surface area contributed by atoms with Crippen molar-refractivity contribution >= 4 is 53.3 Å². The molecule has 0 spiro atoms. The van der Waals surface area contributed by atoms with Crippen LogP contribution in [0.5, 0.6) is 0 Å². The van der Waals surface area contributed by atoms with Crippen LogP contribution in [0.3, 0.4) is 0 Å². The van der Waals surface area contributed by atoms with Gasteiger partial charge in [-0.1, -0.05) is 121 Å². The number of para-hydroxylation sites is 2. The van der Waals surface area contributed by atoms with Crippen LogP contribution < -0.4 is 0 Å². The average molecular weight is 579 g/mol. The first-order valence-electron chi connectivity index (χ1n) is 14.9. The first-order valence-corrected chi connectivity index (χ1v) is 15.7. The lowest BCUT2D eigenvalue weighted by Crippen LogP contribution is -1.97. The van der Waals surface area contributed by atoms with E-state index in [1.54, 1.807) is 0 Å². The Morgan fingerprint density at radius 3 is 2.05 bits per heavy atom. The van der Waals surface area contributed by atoms with Crippen molar-refractivity contribution in [1.29, 1.82) is 0 Å². The molecule has 0 aliphatic heterocycles. The normalized spacial score (nSPS) is 11.6. The molecule has 44 heavy (non-hydrogen) atoms. The third-order valence-corrected chi connectivity index (χ3v) is 9.85. The smallest absolute Gasteiger partial charge is 0.145 e. The van der Waals surface area contributed by atoms with E-state index in [-0.39, 0.29) is 0 Å². The molecule has 2 heterocycles. The second-order valence-corrected chi connectivity index (χ2v) is 12.3. The van der Waals surface area contributed by atoms with Crippen LogP contribution in [0, 0.1) is 0 Å². The summed E-state index contributed by atoms with van der Waals surface area (Å²) >= 11 is 1.87. The van der Waals surface area contributed by atoms with Crippen molar-refractivity contribution in [3.8, 4) is 39.3 Å². The summed E-state index contributed by atoms with van der Waals surface area (Å²) < 4.78 is 4.94. The Morgan fingerprint density at radius 2 is 1.16 bits per heavy atom. The number of hydrogen-bond donors (Lipinski definition) is 0. The van der Waals surface area contributed by atoms with Crippen molar-refractivity contribution in [3.63, 3.8) is 0 Å². The summed E-state index contributed by atoms with van der Waals surface area (Å²) in [5.41, 5.74) is 9.17. The predicted octanol–water partition coefficient (Wildman–Crippen LogP) is 11.5. The van der Waals surface area contributed by atoms with E-state index in [0.29, 0.717) is 0 Å². The minimum Gasteiger partial charge on any atom is -0.292 e. The van der Waals surface area contributed by atoms with E-state index >= 15 is 0 Å². The Balaban J connectivity index is 1.12. The van der Waals surface area contributed by atoms with Gasteiger partial charge in [0.05, 0.1) is 11.0 Å². The summed E-state index contributed by atoms with van der Waals surface area (Å²) in [5, 5.41) is 5.16. The maximum Gasteiger partial charge on any atom is 0.145 e. The maximum atomic E-state index is 5.12. The molecule has 9 aromatic rings. The highest BCUT2D eigenvalue weighted by molar-refractivity contribution is 7.26. The van der Waals surface area contributed by atoms with Crippen molar-refractivity contribution in [1.82, 2.24) is 9.55 Å². The molecule has 0 N–H and O–H groups in total. The third kappa shape index (κ3) is 4.05. The van der Waals surface area contributed by atoms with Gasteiger partial charge < -0.3 is 0 Å². The van der Waals surface area contributed by atoms with E-state index in [1.165, 1.54) is 53.2 Å². The molecule has 0 radical (unpaired) electrons. The van der Waals surface area contributed by atoms with Crippen LogP contribution in [0.1, 0.15) is 0 Å². The average Bonchev–Trinajstić information content (AvgIpc) is 3.67. The molecule has 206 valence electrons. The maximum absolute atomic E-state index is 5.12. The molecule has 2 nitrogen and oxygen atoms in total. The molecular formula is C41H26N2S. The Hall–Kier alpha value is -5.51. The van der Waals surface area contributed by atoms with Gasteiger partial charge in [0.25, 0.3) is 0 Å². The Kier molecular flexibility index (Phi) is 5.71. The molecule has 0 unspecified atom stereocenters. The lowest BCUT2D eigenvalue weighted by molar-refractivity contribution is 1.10. The van der Waals surface area contributed by atoms with Gasteiger partial charge in [-0.25, -0.2) is 4.98 Å². The Bertz CT molecular complexity index is 2480. The fourth-order valence-electron chi connectivity index (χ4n) is 6.43. The molecule has 2 aromatic heterocycles. The molecular weight excluding hydrogens is 553 g/mol. The Labute approximate surface area is 259 Å². The molecule has 0 aliphatic rings. The number of thiophene rings is 1. The van der Waals surface area contributed by atoms with Crippen molar-refractivity contribution in [2.24, 2.45) is 0 Å². The number of rotatable bonds is 4. The van der Waals surface area contributed by atoms with E-state index in [9.17, 15) is 0 Å². The van der Waals surface area contributed by atoms with Crippen LogP contribution in [0.25, 0.3) is 81.3 Å². The minimum atomic E-state index is 0.941. The molecule has 7 aromatic carbocycles. The number of imidazole rings is 1. The molecule has 9 rings (SSSR count). The van der Waals surface area contributed by atoms with Gasteiger partial charge in [-0.15, -0.1) is 11.3 Å². The van der Waals surface area contributed by atoms with Crippen molar-refractivity contribution < 1.29 is 0 Å². The summed E-state index contributed by atoms with van der Waals surface area (Å²) in [4.78, 5) is 5.12. The molecule has 3 heteroatoms. The molecule has 0 fully saturated rings. The summed E-state index contributed by atoms with van der Waals surface area (Å²) in [6.45, 7) is 0. The molecule has 0 saturated heterocycles. The quantitative estimate of drug-likeness (QED) is 0.203. The molecule has 0 bridgehead atoms. The number of fused-ring (bicyclic) bond motifs is 5. The third-order valence-electron chi connectivity index (χ3n) is 8.63. The minimum absolute atomic E-state index is 0.941. The van der Waals surface area contributed by atoms with Gasteiger partial charge >= 0.3 is 0 Å². The predicted molar refractivity (Wildman–Crippen MR) is 188 cm³/mol.